The van der Waals surface area contributed by atoms with Crippen LogP contribution in [0.25, 0.3) is 21.7 Å². The van der Waals surface area contributed by atoms with Gasteiger partial charge in [-0.3, -0.25) is 14.6 Å². The standard InChI is InChI=1S/C31H35ClN6O2/c32-27-16-20(6-8-23(27)21-4-1-2-5-21)18-34-15-11-29(39)36-12-3-13-37-31-25-10-14-35-19-26(25)24-9-7-22(30(33)40)17-28(24)38-31/h6-10,14,16-17,19,21,34H,1-5,11-13,15,18H2,(H2,33,40)(H,36,39)(H,37,38). The summed E-state index contributed by atoms with van der Waals surface area (Å²) in [4.78, 5) is 32.9. The molecule has 5 rings (SSSR count). The zero-order valence-electron chi connectivity index (χ0n) is 22.5. The number of hydrogen-bond acceptors (Lipinski definition) is 6. The Morgan fingerprint density at radius 1 is 0.975 bits per heavy atom. The molecule has 5 N–H and O–H groups in total. The van der Waals surface area contributed by atoms with E-state index in [1.165, 1.54) is 31.2 Å². The van der Waals surface area contributed by atoms with Gasteiger partial charge in [0.2, 0.25) is 11.8 Å². The second kappa shape index (κ2) is 13.1. The van der Waals surface area contributed by atoms with Crippen LogP contribution in [-0.4, -0.2) is 41.4 Å². The van der Waals surface area contributed by atoms with Gasteiger partial charge in [-0.25, -0.2) is 4.98 Å². The predicted molar refractivity (Wildman–Crippen MR) is 161 cm³/mol. The second-order valence-corrected chi connectivity index (χ2v) is 10.8. The molecule has 1 aliphatic rings. The van der Waals surface area contributed by atoms with Crippen LogP contribution in [0.4, 0.5) is 5.82 Å². The molecule has 1 saturated carbocycles. The number of carbonyl (C=O) groups is 2. The average Bonchev–Trinajstić information content (AvgIpc) is 3.49. The Hall–Kier alpha value is -3.75. The Labute approximate surface area is 239 Å². The number of pyridine rings is 2. The van der Waals surface area contributed by atoms with Gasteiger partial charge in [-0.05, 0) is 60.6 Å². The van der Waals surface area contributed by atoms with E-state index in [9.17, 15) is 9.59 Å². The van der Waals surface area contributed by atoms with Crippen LogP contribution in [0.2, 0.25) is 5.02 Å². The number of aromatic nitrogens is 2. The lowest BCUT2D eigenvalue weighted by atomic mass is 9.96. The molecule has 40 heavy (non-hydrogen) atoms. The SMILES string of the molecule is NC(=O)c1ccc2c(c1)nc(NCCCNC(=O)CCNCc1ccc(C3CCCC3)c(Cl)c1)c1ccncc12. The second-order valence-electron chi connectivity index (χ2n) is 10.4. The minimum atomic E-state index is -0.493. The average molecular weight is 559 g/mol. The van der Waals surface area contributed by atoms with Gasteiger partial charge < -0.3 is 21.7 Å². The van der Waals surface area contributed by atoms with Crippen molar-refractivity contribution in [1.29, 1.82) is 0 Å². The van der Waals surface area contributed by atoms with Crippen molar-refractivity contribution in [2.24, 2.45) is 5.73 Å². The third-order valence-corrected chi connectivity index (χ3v) is 7.89. The number of fused-ring (bicyclic) bond motifs is 3. The molecule has 2 amide bonds. The van der Waals surface area contributed by atoms with Crippen molar-refractivity contribution < 1.29 is 9.59 Å². The molecule has 0 spiro atoms. The molecule has 9 heteroatoms. The van der Waals surface area contributed by atoms with E-state index in [0.717, 1.165) is 33.2 Å². The maximum absolute atomic E-state index is 12.3. The summed E-state index contributed by atoms with van der Waals surface area (Å²) in [5.41, 5.74) is 8.94. The molecule has 1 aliphatic carbocycles. The maximum Gasteiger partial charge on any atom is 0.248 e. The van der Waals surface area contributed by atoms with Gasteiger partial charge in [-0.15, -0.1) is 0 Å². The summed E-state index contributed by atoms with van der Waals surface area (Å²) in [6.45, 7) is 2.47. The van der Waals surface area contributed by atoms with Crippen molar-refractivity contribution in [3.63, 3.8) is 0 Å². The first kappa shape index (κ1) is 27.8. The van der Waals surface area contributed by atoms with E-state index in [4.69, 9.17) is 22.3 Å². The first-order chi connectivity index (χ1) is 19.5. The van der Waals surface area contributed by atoms with E-state index in [1.807, 2.05) is 12.1 Å². The Morgan fingerprint density at radius 3 is 2.62 bits per heavy atom. The first-order valence-electron chi connectivity index (χ1n) is 14.0. The van der Waals surface area contributed by atoms with Gasteiger partial charge in [0, 0.05) is 71.7 Å². The number of nitrogens with two attached hydrogens (primary N) is 1. The summed E-state index contributed by atoms with van der Waals surface area (Å²) in [5.74, 6) is 0.832. The molecule has 0 radical (unpaired) electrons. The van der Waals surface area contributed by atoms with Crippen molar-refractivity contribution in [2.75, 3.05) is 25.0 Å². The van der Waals surface area contributed by atoms with Crippen LogP contribution in [0.5, 0.6) is 0 Å². The maximum atomic E-state index is 12.3. The molecule has 208 valence electrons. The molecule has 0 bridgehead atoms. The third-order valence-electron chi connectivity index (χ3n) is 7.57. The Bertz CT molecular complexity index is 1520. The van der Waals surface area contributed by atoms with Crippen LogP contribution >= 0.6 is 11.6 Å². The number of anilines is 1. The number of benzene rings is 2. The van der Waals surface area contributed by atoms with Crippen LogP contribution in [0.1, 0.15) is 65.9 Å². The molecular formula is C31H35ClN6O2. The highest BCUT2D eigenvalue weighted by Crippen LogP contribution is 2.37. The number of carbonyl (C=O) groups excluding carboxylic acids is 2. The van der Waals surface area contributed by atoms with Crippen LogP contribution in [0.15, 0.2) is 54.9 Å². The van der Waals surface area contributed by atoms with Crippen LogP contribution in [0.3, 0.4) is 0 Å². The van der Waals surface area contributed by atoms with Crippen LogP contribution < -0.4 is 21.7 Å². The van der Waals surface area contributed by atoms with Gasteiger partial charge in [0.15, 0.2) is 0 Å². The summed E-state index contributed by atoms with van der Waals surface area (Å²) in [5, 5.41) is 13.3. The van der Waals surface area contributed by atoms with Crippen LogP contribution in [-0.2, 0) is 11.3 Å². The largest absolute Gasteiger partial charge is 0.369 e. The van der Waals surface area contributed by atoms with Gasteiger partial charge >= 0.3 is 0 Å². The van der Waals surface area contributed by atoms with Crippen molar-refractivity contribution in [3.8, 4) is 0 Å². The Morgan fingerprint density at radius 2 is 1.82 bits per heavy atom. The number of hydrogen-bond donors (Lipinski definition) is 4. The molecular weight excluding hydrogens is 524 g/mol. The number of rotatable bonds is 12. The van der Waals surface area contributed by atoms with E-state index in [1.54, 1.807) is 24.5 Å². The summed E-state index contributed by atoms with van der Waals surface area (Å²) in [6, 6.07) is 13.5. The first-order valence-corrected chi connectivity index (χ1v) is 14.3. The zero-order chi connectivity index (χ0) is 27.9. The number of amides is 2. The molecule has 8 nitrogen and oxygen atoms in total. The number of nitrogens with zero attached hydrogens (tertiary/aromatic N) is 2. The fraction of sp³-hybridized carbons (Fsp3) is 0.355. The lowest BCUT2D eigenvalue weighted by molar-refractivity contribution is -0.121. The fourth-order valence-electron chi connectivity index (χ4n) is 5.43. The number of nitrogens with one attached hydrogen (secondary N) is 3. The van der Waals surface area contributed by atoms with Crippen molar-refractivity contribution in [3.05, 3.63) is 76.6 Å². The molecule has 2 aromatic carbocycles. The van der Waals surface area contributed by atoms with Crippen molar-refractivity contribution in [2.45, 2.75) is 51.0 Å². The Kier molecular flexibility index (Phi) is 9.08. The molecule has 4 aromatic rings. The highest BCUT2D eigenvalue weighted by atomic mass is 35.5. The normalized spacial score (nSPS) is 13.6. The van der Waals surface area contributed by atoms with Crippen molar-refractivity contribution in [1.82, 2.24) is 20.6 Å². The van der Waals surface area contributed by atoms with Crippen molar-refractivity contribution >= 4 is 50.9 Å². The molecule has 0 saturated heterocycles. The number of halogens is 1. The summed E-state index contributed by atoms with van der Waals surface area (Å²) >= 11 is 6.55. The van der Waals surface area contributed by atoms with Gasteiger partial charge in [-0.2, -0.15) is 0 Å². The minimum absolute atomic E-state index is 0.0152. The van der Waals surface area contributed by atoms with E-state index in [2.05, 4.69) is 39.1 Å². The summed E-state index contributed by atoms with van der Waals surface area (Å²) in [7, 11) is 0. The van der Waals surface area contributed by atoms with Gasteiger partial charge in [-0.1, -0.05) is 42.6 Å². The van der Waals surface area contributed by atoms with E-state index >= 15 is 0 Å². The molecule has 0 aliphatic heterocycles. The zero-order valence-corrected chi connectivity index (χ0v) is 23.3. The lowest BCUT2D eigenvalue weighted by Gasteiger charge is -2.13. The third kappa shape index (κ3) is 6.69. The number of primary amides is 1. The van der Waals surface area contributed by atoms with Gasteiger partial charge in [0.25, 0.3) is 0 Å². The lowest BCUT2D eigenvalue weighted by Crippen LogP contribution is -2.29. The monoisotopic (exact) mass is 558 g/mol. The smallest absolute Gasteiger partial charge is 0.248 e. The molecule has 1 fully saturated rings. The highest BCUT2D eigenvalue weighted by molar-refractivity contribution is 6.31. The van der Waals surface area contributed by atoms with Gasteiger partial charge in [0.05, 0.1) is 5.52 Å². The van der Waals surface area contributed by atoms with E-state index < -0.39 is 5.91 Å². The van der Waals surface area contributed by atoms with E-state index in [0.29, 0.717) is 55.4 Å². The molecule has 2 aromatic heterocycles. The van der Waals surface area contributed by atoms with Gasteiger partial charge in [0.1, 0.15) is 5.82 Å². The molecule has 2 heterocycles. The molecule has 0 atom stereocenters. The minimum Gasteiger partial charge on any atom is -0.369 e. The summed E-state index contributed by atoms with van der Waals surface area (Å²) in [6.07, 6.45) is 9.72. The fourth-order valence-corrected chi connectivity index (χ4v) is 5.79. The topological polar surface area (TPSA) is 122 Å². The highest BCUT2D eigenvalue weighted by Gasteiger charge is 2.19. The molecule has 0 unspecified atom stereocenters. The predicted octanol–water partition coefficient (Wildman–Crippen LogP) is 5.29. The van der Waals surface area contributed by atoms with Crippen LogP contribution in [0, 0.1) is 0 Å². The quantitative estimate of drug-likeness (QED) is 0.138. The van der Waals surface area contributed by atoms with E-state index in [-0.39, 0.29) is 5.91 Å². The summed E-state index contributed by atoms with van der Waals surface area (Å²) < 4.78 is 0. The Balaban J connectivity index is 1.05.